The van der Waals surface area contributed by atoms with Crippen molar-refractivity contribution in [1.29, 1.82) is 0 Å². The van der Waals surface area contributed by atoms with Gasteiger partial charge < -0.3 is 30.2 Å². The lowest BCUT2D eigenvalue weighted by molar-refractivity contribution is -0.140. The second-order valence-corrected chi connectivity index (χ2v) is 21.5. The predicted molar refractivity (Wildman–Crippen MR) is 238 cm³/mol. The van der Waals surface area contributed by atoms with Crippen molar-refractivity contribution >= 4 is 55.9 Å². The lowest BCUT2D eigenvalue weighted by atomic mass is 9.84. The van der Waals surface area contributed by atoms with Gasteiger partial charge >= 0.3 is 6.09 Å². The zero-order valence-electron chi connectivity index (χ0n) is 36.8. The van der Waals surface area contributed by atoms with Gasteiger partial charge in [0, 0.05) is 46.4 Å². The molecule has 0 bridgehead atoms. The number of hydrogen-bond donors (Lipinski definition) is 3. The van der Waals surface area contributed by atoms with Crippen LogP contribution >= 0.6 is 11.3 Å². The number of nitrogens with zero attached hydrogens (tertiary/aromatic N) is 3. The topological polar surface area (TPSA) is 209 Å². The lowest BCUT2D eigenvalue weighted by Gasteiger charge is -2.33. The van der Waals surface area contributed by atoms with E-state index in [9.17, 15) is 27.6 Å². The van der Waals surface area contributed by atoms with Crippen LogP contribution in [0.25, 0.3) is 21.3 Å². The molecule has 3 aromatic rings. The van der Waals surface area contributed by atoms with Crippen LogP contribution < -0.4 is 25.2 Å². The smallest absolute Gasteiger partial charge is 0.408 e. The van der Waals surface area contributed by atoms with Crippen molar-refractivity contribution in [3.05, 3.63) is 48.1 Å². The van der Waals surface area contributed by atoms with Gasteiger partial charge in [-0.25, -0.2) is 23.2 Å². The van der Waals surface area contributed by atoms with E-state index in [0.717, 1.165) is 35.2 Å². The van der Waals surface area contributed by atoms with Gasteiger partial charge in [0.2, 0.25) is 33.6 Å². The van der Waals surface area contributed by atoms with Crippen molar-refractivity contribution in [2.75, 3.05) is 13.7 Å². The first kappa shape index (κ1) is 46.7. The summed E-state index contributed by atoms with van der Waals surface area (Å²) in [6.45, 7) is 11.0. The van der Waals surface area contributed by atoms with Gasteiger partial charge in [-0.1, -0.05) is 38.8 Å². The predicted octanol–water partition coefficient (Wildman–Crippen LogP) is 6.90. The summed E-state index contributed by atoms with van der Waals surface area (Å²) < 4.78 is 44.5. The molecule has 2 aliphatic carbocycles. The normalized spacial score (nSPS) is 22.5. The number of primary amides is 1. The summed E-state index contributed by atoms with van der Waals surface area (Å²) in [6, 6.07) is 3.55. The maximum absolute atomic E-state index is 14.7. The van der Waals surface area contributed by atoms with Gasteiger partial charge in [-0.15, -0.1) is 11.3 Å². The highest BCUT2D eigenvalue weighted by atomic mass is 32.2. The third-order valence-electron chi connectivity index (χ3n) is 12.5. The van der Waals surface area contributed by atoms with Crippen molar-refractivity contribution < 1.29 is 41.8 Å². The molecule has 17 heteroatoms. The monoisotopic (exact) mass is 894 g/mol. The highest BCUT2D eigenvalue weighted by Crippen LogP contribution is 2.43. The zero-order valence-corrected chi connectivity index (χ0v) is 38.5. The third kappa shape index (κ3) is 11.1. The summed E-state index contributed by atoms with van der Waals surface area (Å²) in [7, 11) is -2.10. The van der Waals surface area contributed by atoms with Gasteiger partial charge in [-0.2, -0.15) is 0 Å². The molecule has 3 heterocycles. The minimum atomic E-state index is -3.69. The van der Waals surface area contributed by atoms with Crippen molar-refractivity contribution in [2.45, 2.75) is 134 Å². The van der Waals surface area contributed by atoms with E-state index in [-0.39, 0.29) is 36.6 Å². The van der Waals surface area contributed by atoms with Gasteiger partial charge in [0.15, 0.2) is 0 Å². The van der Waals surface area contributed by atoms with Crippen LogP contribution in [0.4, 0.5) is 4.79 Å². The molecule has 7 atom stereocenters. The number of rotatable bonds is 18. The number of carbonyl (C=O) groups is 4. The van der Waals surface area contributed by atoms with Crippen LogP contribution in [0.3, 0.4) is 0 Å². The molecule has 62 heavy (non-hydrogen) atoms. The minimum Gasteiger partial charge on any atom is -0.497 e. The number of nitrogens with one attached hydrogen (secondary N) is 2. The molecule has 1 aromatic carbocycles. The van der Waals surface area contributed by atoms with Crippen LogP contribution in [0.1, 0.15) is 106 Å². The first-order valence-electron chi connectivity index (χ1n) is 21.7. The Kier molecular flexibility index (Phi) is 14.6. The zero-order chi connectivity index (χ0) is 45.0. The van der Waals surface area contributed by atoms with Gasteiger partial charge in [0.1, 0.15) is 34.5 Å². The number of pyridine rings is 1. The molecule has 2 saturated carbocycles. The summed E-state index contributed by atoms with van der Waals surface area (Å²) in [5.41, 5.74) is 5.94. The van der Waals surface area contributed by atoms with E-state index in [2.05, 4.69) is 33.0 Å². The van der Waals surface area contributed by atoms with E-state index in [1.54, 1.807) is 47.2 Å². The number of benzene rings is 1. The molecule has 1 saturated heterocycles. The Hall–Kier alpha value is -4.77. The molecular formula is C45H62N6O9S2. The summed E-state index contributed by atoms with van der Waals surface area (Å²) in [5, 5.41) is 7.06. The summed E-state index contributed by atoms with van der Waals surface area (Å²) in [4.78, 5) is 64.6. The molecule has 338 valence electrons. The van der Waals surface area contributed by atoms with E-state index in [4.69, 9.17) is 19.9 Å². The van der Waals surface area contributed by atoms with Gasteiger partial charge in [-0.05, 0) is 109 Å². The number of carbonyl (C=O) groups excluding carboxylic acids is 4. The standard InChI is InChI=1S/C45H62N6O9S2/c1-8-28(22-27(2)12-9-10-13-29-14-11-15-32(29)39(53)50-62(56,57)45(6)18-19-45)37(49-43(55)60-44(3,4)5)42(54)51-26-31(24-36(51)38(46)52)59-40-33-17-16-30(58-7)23-34(33)35(25-48-40)41-47-20-21-61-41/h10,13,16-17,20-21,23,25,27-29,31-32,36-37H,8-9,11-12,14-15,18-19,22,24,26H2,1-7H3,(H2,46,52)(H,49,55)(H,50,53)/b13-10-/t27-,28-,29-,31-,32?,36+,37+/m1/s1. The summed E-state index contributed by atoms with van der Waals surface area (Å²) in [6.07, 6.45) is 12.3. The molecule has 0 radical (unpaired) electrons. The molecule has 3 fully saturated rings. The Labute approximate surface area is 369 Å². The van der Waals surface area contributed by atoms with Crippen molar-refractivity contribution in [3.8, 4) is 22.2 Å². The summed E-state index contributed by atoms with van der Waals surface area (Å²) >= 11 is 1.48. The molecule has 4 amide bonds. The number of thiazole rings is 1. The van der Waals surface area contributed by atoms with E-state index in [1.807, 2.05) is 36.6 Å². The maximum Gasteiger partial charge on any atom is 0.408 e. The van der Waals surface area contributed by atoms with Gasteiger partial charge in [0.05, 0.1) is 18.4 Å². The molecule has 4 N–H and O–H groups in total. The SMILES string of the molecule is CC[C@H](C[C@H](C)CC/C=C\[C@@H]1CCCC1C(=O)NS(=O)(=O)C1(C)CC1)[C@H](NC(=O)OC(C)(C)C)C(=O)N1C[C@H](Oc2ncc(-c3nccs3)c3cc(OC)ccc23)C[C@H]1C(N)=O. The maximum atomic E-state index is 14.7. The molecular weight excluding hydrogens is 833 g/mol. The Morgan fingerprint density at radius 2 is 1.89 bits per heavy atom. The van der Waals surface area contributed by atoms with E-state index in [1.165, 1.54) is 16.2 Å². The first-order chi connectivity index (χ1) is 29.3. The fraction of sp³-hybridized carbons (Fsp3) is 0.600. The van der Waals surface area contributed by atoms with Crippen molar-refractivity contribution in [3.63, 3.8) is 0 Å². The molecule has 0 spiro atoms. The van der Waals surface area contributed by atoms with Crippen LogP contribution in [0.5, 0.6) is 11.6 Å². The number of methoxy groups -OCH3 is 1. The first-order valence-corrected chi connectivity index (χ1v) is 24.0. The number of fused-ring (bicyclic) bond motifs is 1. The molecule has 6 rings (SSSR count). The average Bonchev–Trinajstić information content (AvgIpc) is 3.61. The minimum absolute atomic E-state index is 0.0364. The van der Waals surface area contributed by atoms with Crippen LogP contribution in [-0.4, -0.2) is 89.3 Å². The van der Waals surface area contributed by atoms with Crippen LogP contribution in [0, 0.1) is 23.7 Å². The molecule has 1 aliphatic heterocycles. The Morgan fingerprint density at radius 1 is 1.13 bits per heavy atom. The third-order valence-corrected chi connectivity index (χ3v) is 15.4. The van der Waals surface area contributed by atoms with Crippen LogP contribution in [0.15, 0.2) is 48.1 Å². The molecule has 2 aromatic heterocycles. The second-order valence-electron chi connectivity index (χ2n) is 18.4. The highest BCUT2D eigenvalue weighted by molar-refractivity contribution is 7.91. The number of amides is 4. The number of aromatic nitrogens is 2. The van der Waals surface area contributed by atoms with Crippen molar-refractivity contribution in [2.24, 2.45) is 29.4 Å². The average molecular weight is 895 g/mol. The van der Waals surface area contributed by atoms with Crippen molar-refractivity contribution in [1.82, 2.24) is 24.9 Å². The number of sulfonamides is 1. The highest BCUT2D eigenvalue weighted by Gasteiger charge is 2.51. The molecule has 1 unspecified atom stereocenters. The fourth-order valence-electron chi connectivity index (χ4n) is 8.64. The van der Waals surface area contributed by atoms with Crippen LogP contribution in [-0.2, 0) is 29.1 Å². The number of likely N-dealkylation sites (tertiary alicyclic amines) is 1. The number of nitrogens with two attached hydrogens (primary N) is 1. The fourth-order valence-corrected chi connectivity index (χ4v) is 10.6. The number of allylic oxidation sites excluding steroid dienone is 2. The number of ether oxygens (including phenoxy) is 3. The Bertz CT molecular complexity index is 2240. The molecule has 15 nitrogen and oxygen atoms in total. The van der Waals surface area contributed by atoms with E-state index in [0.29, 0.717) is 55.5 Å². The van der Waals surface area contributed by atoms with E-state index >= 15 is 0 Å². The Balaban J connectivity index is 1.14. The number of alkyl carbamates (subject to hydrolysis) is 1. The van der Waals surface area contributed by atoms with Crippen LogP contribution in [0.2, 0.25) is 0 Å². The largest absolute Gasteiger partial charge is 0.497 e. The van der Waals surface area contributed by atoms with Gasteiger partial charge in [-0.3, -0.25) is 19.1 Å². The molecule has 3 aliphatic rings. The lowest BCUT2D eigenvalue weighted by Crippen LogP contribution is -2.56. The Morgan fingerprint density at radius 3 is 2.53 bits per heavy atom. The van der Waals surface area contributed by atoms with E-state index < -0.39 is 62.4 Å². The summed E-state index contributed by atoms with van der Waals surface area (Å²) in [5.74, 6) is -1.19. The van der Waals surface area contributed by atoms with Gasteiger partial charge in [0.25, 0.3) is 0 Å². The number of hydrogen-bond acceptors (Lipinski definition) is 12. The second kappa shape index (κ2) is 19.3. The quantitative estimate of drug-likeness (QED) is 0.112.